The second-order valence-electron chi connectivity index (χ2n) is 1.41. The Morgan fingerprint density at radius 3 is 2.45 bits per heavy atom. The van der Waals surface area contributed by atoms with Crippen LogP contribution in [0.5, 0.6) is 0 Å². The molecule has 0 atom stereocenters. The zero-order valence-electron chi connectivity index (χ0n) is 6.54. The van der Waals surface area contributed by atoms with Gasteiger partial charge >= 0.3 is 5.97 Å². The maximum Gasteiger partial charge on any atom is 0.329 e. The van der Waals surface area contributed by atoms with Gasteiger partial charge in [-0.05, 0) is 0 Å². The van der Waals surface area contributed by atoms with Crippen LogP contribution in [0.2, 0.25) is 0 Å². The van der Waals surface area contributed by atoms with Crippen LogP contribution in [0.25, 0.3) is 0 Å². The van der Waals surface area contributed by atoms with Gasteiger partial charge in [0, 0.05) is 12.6 Å². The van der Waals surface area contributed by atoms with E-state index in [1.54, 1.807) is 0 Å². The average molecular weight is 162 g/mol. The molecule has 0 aromatic heterocycles. The maximum absolute atomic E-state index is 9.84. The first kappa shape index (κ1) is 12.7. The largest absolute Gasteiger partial charge is 0.466 e. The van der Waals surface area contributed by atoms with Crippen LogP contribution in [-0.2, 0) is 9.53 Å². The van der Waals surface area contributed by atoms with Gasteiger partial charge in [-0.25, -0.2) is 4.79 Å². The fourth-order valence-corrected chi connectivity index (χ4v) is 0.148. The van der Waals surface area contributed by atoms with Crippen molar-refractivity contribution in [2.45, 2.75) is 0 Å². The standard InChI is InChI=1S/C4H6O2.C2H8N2O/c1-3-4(5)6-2;3-4-1-2-5/h3H,1H2,2H3;4-5H,1-3H2. The van der Waals surface area contributed by atoms with Gasteiger partial charge in [0.15, 0.2) is 0 Å². The number of rotatable bonds is 3. The van der Waals surface area contributed by atoms with Gasteiger partial charge in [0.05, 0.1) is 13.7 Å². The van der Waals surface area contributed by atoms with Crippen molar-refractivity contribution in [3.8, 4) is 0 Å². The number of aliphatic hydroxyl groups excluding tert-OH is 1. The molecule has 0 amide bonds. The van der Waals surface area contributed by atoms with Crippen LogP contribution >= 0.6 is 0 Å². The Bertz CT molecular complexity index is 104. The van der Waals surface area contributed by atoms with E-state index in [-0.39, 0.29) is 6.61 Å². The second kappa shape index (κ2) is 11.8. The minimum atomic E-state index is -0.394. The molecular formula is C6H14N2O3. The Labute approximate surface area is 65.8 Å². The van der Waals surface area contributed by atoms with Crippen molar-refractivity contribution in [2.75, 3.05) is 20.3 Å². The number of hydrogen-bond acceptors (Lipinski definition) is 5. The Balaban J connectivity index is 0. The lowest BCUT2D eigenvalue weighted by Crippen LogP contribution is -2.24. The predicted octanol–water partition coefficient (Wildman–Crippen LogP) is -1.21. The molecule has 4 N–H and O–H groups in total. The zero-order valence-corrected chi connectivity index (χ0v) is 6.54. The van der Waals surface area contributed by atoms with Crippen molar-refractivity contribution in [1.82, 2.24) is 5.43 Å². The highest BCUT2D eigenvalue weighted by molar-refractivity contribution is 5.80. The highest BCUT2D eigenvalue weighted by Crippen LogP contribution is 1.67. The van der Waals surface area contributed by atoms with Crippen LogP contribution in [0.4, 0.5) is 0 Å². The molecule has 5 heteroatoms. The summed E-state index contributed by atoms with van der Waals surface area (Å²) in [6, 6.07) is 0. The molecular weight excluding hydrogens is 148 g/mol. The number of carbonyl (C=O) groups is 1. The van der Waals surface area contributed by atoms with E-state index in [1.807, 2.05) is 0 Å². The topological polar surface area (TPSA) is 84.6 Å². The molecule has 0 rings (SSSR count). The van der Waals surface area contributed by atoms with Crippen LogP contribution in [0.1, 0.15) is 0 Å². The molecule has 0 aliphatic heterocycles. The van der Waals surface area contributed by atoms with Crippen LogP contribution < -0.4 is 11.3 Å². The van der Waals surface area contributed by atoms with Crippen molar-refractivity contribution >= 4 is 5.97 Å². The SMILES string of the molecule is C=CC(=O)OC.NNCCO. The highest BCUT2D eigenvalue weighted by atomic mass is 16.5. The third kappa shape index (κ3) is 17.6. The number of esters is 1. The van der Waals surface area contributed by atoms with Crippen molar-refractivity contribution < 1.29 is 14.6 Å². The minimum absolute atomic E-state index is 0.108. The van der Waals surface area contributed by atoms with Crippen LogP contribution in [0, 0.1) is 0 Å². The molecule has 66 valence electrons. The van der Waals surface area contributed by atoms with Gasteiger partial charge < -0.3 is 9.84 Å². The fourth-order valence-electron chi connectivity index (χ4n) is 0.148. The van der Waals surface area contributed by atoms with Gasteiger partial charge in [-0.15, -0.1) is 0 Å². The molecule has 0 aliphatic carbocycles. The summed E-state index contributed by atoms with van der Waals surface area (Å²) in [5, 5.41) is 7.92. The molecule has 0 fully saturated rings. The number of carbonyl (C=O) groups excluding carboxylic acids is 1. The Kier molecular flexibility index (Phi) is 13.7. The van der Waals surface area contributed by atoms with E-state index in [9.17, 15) is 4.79 Å². The van der Waals surface area contributed by atoms with Gasteiger partial charge in [-0.1, -0.05) is 6.58 Å². The molecule has 0 saturated carbocycles. The van der Waals surface area contributed by atoms with E-state index in [0.29, 0.717) is 6.54 Å². The molecule has 0 aliphatic rings. The summed E-state index contributed by atoms with van der Waals surface area (Å²) in [6.45, 7) is 3.74. The number of hydrogen-bond donors (Lipinski definition) is 3. The minimum Gasteiger partial charge on any atom is -0.466 e. The van der Waals surface area contributed by atoms with Gasteiger partial charge in [0.1, 0.15) is 0 Å². The first-order chi connectivity index (χ1) is 5.22. The van der Waals surface area contributed by atoms with Crippen molar-refractivity contribution in [2.24, 2.45) is 5.84 Å². The number of nitrogens with one attached hydrogen (secondary N) is 1. The first-order valence-corrected chi connectivity index (χ1v) is 2.97. The third-order valence-corrected chi connectivity index (χ3v) is 0.624. The normalized spacial score (nSPS) is 7.55. The van der Waals surface area contributed by atoms with Crippen LogP contribution in [0.3, 0.4) is 0 Å². The summed E-state index contributed by atoms with van der Waals surface area (Å²) in [4.78, 5) is 9.84. The molecule has 0 spiro atoms. The Hall–Kier alpha value is -0.910. The molecule has 11 heavy (non-hydrogen) atoms. The number of hydrazine groups is 1. The van der Waals surface area contributed by atoms with E-state index in [4.69, 9.17) is 10.9 Å². The summed E-state index contributed by atoms with van der Waals surface area (Å²) < 4.78 is 4.14. The maximum atomic E-state index is 9.84. The average Bonchev–Trinajstić information content (AvgIpc) is 2.06. The van der Waals surface area contributed by atoms with Crippen molar-refractivity contribution in [1.29, 1.82) is 0 Å². The number of ether oxygens (including phenoxy) is 1. The summed E-state index contributed by atoms with van der Waals surface area (Å²) in [5.74, 6) is 4.34. The Morgan fingerprint density at radius 1 is 1.91 bits per heavy atom. The predicted molar refractivity (Wildman–Crippen MR) is 41.5 cm³/mol. The number of aliphatic hydroxyl groups is 1. The Morgan fingerprint density at radius 2 is 2.45 bits per heavy atom. The molecule has 5 nitrogen and oxygen atoms in total. The summed E-state index contributed by atoms with van der Waals surface area (Å²) >= 11 is 0. The summed E-state index contributed by atoms with van der Waals surface area (Å²) in [6.07, 6.45) is 1.11. The highest BCUT2D eigenvalue weighted by Gasteiger charge is 1.81. The molecule has 0 bridgehead atoms. The molecule has 0 unspecified atom stereocenters. The molecule has 0 saturated heterocycles. The fraction of sp³-hybridized carbons (Fsp3) is 0.500. The monoisotopic (exact) mass is 162 g/mol. The van der Waals surface area contributed by atoms with E-state index in [1.165, 1.54) is 7.11 Å². The smallest absolute Gasteiger partial charge is 0.329 e. The van der Waals surface area contributed by atoms with E-state index >= 15 is 0 Å². The first-order valence-electron chi connectivity index (χ1n) is 2.97. The van der Waals surface area contributed by atoms with E-state index < -0.39 is 5.97 Å². The van der Waals surface area contributed by atoms with Gasteiger partial charge in [-0.2, -0.15) is 0 Å². The third-order valence-electron chi connectivity index (χ3n) is 0.624. The summed E-state index contributed by atoms with van der Waals surface area (Å²) in [7, 11) is 1.31. The quantitative estimate of drug-likeness (QED) is 0.210. The van der Waals surface area contributed by atoms with Gasteiger partial charge in [0.2, 0.25) is 0 Å². The van der Waals surface area contributed by atoms with Crippen molar-refractivity contribution in [3.05, 3.63) is 12.7 Å². The van der Waals surface area contributed by atoms with E-state index in [0.717, 1.165) is 6.08 Å². The van der Waals surface area contributed by atoms with Crippen molar-refractivity contribution in [3.63, 3.8) is 0 Å². The van der Waals surface area contributed by atoms with Crippen LogP contribution in [0.15, 0.2) is 12.7 Å². The lowest BCUT2D eigenvalue weighted by Gasteiger charge is -1.84. The van der Waals surface area contributed by atoms with Gasteiger partial charge in [0.25, 0.3) is 0 Å². The molecule has 0 aromatic rings. The lowest BCUT2D eigenvalue weighted by atomic mass is 10.7. The molecule has 0 heterocycles. The summed E-state index contributed by atoms with van der Waals surface area (Å²) in [5.41, 5.74) is 2.27. The lowest BCUT2D eigenvalue weighted by molar-refractivity contribution is -0.134. The number of nitrogens with two attached hydrogens (primary N) is 1. The van der Waals surface area contributed by atoms with Crippen LogP contribution in [-0.4, -0.2) is 31.3 Å². The second-order valence-corrected chi connectivity index (χ2v) is 1.41. The number of methoxy groups -OCH3 is 1. The zero-order chi connectivity index (χ0) is 9.11. The van der Waals surface area contributed by atoms with Gasteiger partial charge in [-0.3, -0.25) is 11.3 Å². The van der Waals surface area contributed by atoms with E-state index in [2.05, 4.69) is 16.7 Å². The molecule has 0 radical (unpaired) electrons. The molecule has 0 aromatic carbocycles.